The lowest BCUT2D eigenvalue weighted by Crippen LogP contribution is -2.49. The molecule has 0 aromatic rings. The van der Waals surface area contributed by atoms with Crippen LogP contribution in [-0.4, -0.2) is 18.5 Å². The van der Waals surface area contributed by atoms with E-state index in [1.807, 2.05) is 0 Å². The number of nitrogens with two attached hydrogens (primary N) is 1. The van der Waals surface area contributed by atoms with Crippen LogP contribution in [0.1, 0.15) is 84.0 Å². The second-order valence-corrected chi connectivity index (χ2v) is 7.38. The molecule has 2 aliphatic rings. The second-order valence-electron chi connectivity index (χ2n) is 7.38. The van der Waals surface area contributed by atoms with Gasteiger partial charge in [0.1, 0.15) is 0 Å². The molecule has 0 radical (unpaired) electrons. The fourth-order valence-electron chi connectivity index (χ4n) is 4.27. The van der Waals surface area contributed by atoms with E-state index in [-0.39, 0.29) is 11.3 Å². The molecule has 0 saturated heterocycles. The van der Waals surface area contributed by atoms with Crippen molar-refractivity contribution in [1.29, 1.82) is 0 Å². The molecule has 2 aliphatic carbocycles. The van der Waals surface area contributed by atoms with Crippen LogP contribution in [-0.2, 0) is 4.79 Å². The highest BCUT2D eigenvalue weighted by Gasteiger charge is 2.38. The van der Waals surface area contributed by atoms with Crippen LogP contribution in [0.3, 0.4) is 0 Å². The fraction of sp³-hybridized carbons (Fsp3) is 0.944. The molecule has 3 nitrogen and oxygen atoms in total. The van der Waals surface area contributed by atoms with Gasteiger partial charge in [0.2, 0.25) is 5.91 Å². The van der Waals surface area contributed by atoms with Crippen molar-refractivity contribution in [2.24, 2.45) is 17.1 Å². The van der Waals surface area contributed by atoms with Crippen LogP contribution >= 0.6 is 0 Å². The summed E-state index contributed by atoms with van der Waals surface area (Å²) in [5, 5.41) is 3.35. The summed E-state index contributed by atoms with van der Waals surface area (Å²) in [4.78, 5) is 12.8. The average Bonchev–Trinajstić information content (AvgIpc) is 2.76. The summed E-state index contributed by atoms with van der Waals surface area (Å²) in [6.07, 6.45) is 14.4. The first-order chi connectivity index (χ1) is 10.2. The lowest BCUT2D eigenvalue weighted by atomic mass is 9.78. The van der Waals surface area contributed by atoms with Crippen LogP contribution in [0.25, 0.3) is 0 Å². The van der Waals surface area contributed by atoms with Crippen LogP contribution in [0.5, 0.6) is 0 Å². The minimum Gasteiger partial charge on any atom is -0.353 e. The Balaban J connectivity index is 1.85. The zero-order valence-corrected chi connectivity index (χ0v) is 13.8. The molecular formula is C18H34N2O. The van der Waals surface area contributed by atoms with Crippen molar-refractivity contribution in [2.75, 3.05) is 6.54 Å². The lowest BCUT2D eigenvalue weighted by molar-refractivity contribution is -0.132. The Hall–Kier alpha value is -0.570. The zero-order valence-electron chi connectivity index (χ0n) is 13.8. The lowest BCUT2D eigenvalue weighted by Gasteiger charge is -2.34. The molecule has 2 fully saturated rings. The number of nitrogens with one attached hydrogen (secondary N) is 1. The number of carbonyl (C=O) groups excluding carboxylic acids is 1. The maximum Gasteiger partial charge on any atom is 0.227 e. The van der Waals surface area contributed by atoms with Gasteiger partial charge in [0.25, 0.3) is 0 Å². The van der Waals surface area contributed by atoms with Gasteiger partial charge in [-0.05, 0) is 44.4 Å². The summed E-state index contributed by atoms with van der Waals surface area (Å²) >= 11 is 0. The van der Waals surface area contributed by atoms with Crippen molar-refractivity contribution in [3.8, 4) is 0 Å². The Bertz CT molecular complexity index is 313. The van der Waals surface area contributed by atoms with Gasteiger partial charge in [0.05, 0.1) is 5.41 Å². The molecule has 0 spiro atoms. The highest BCUT2D eigenvalue weighted by Crippen LogP contribution is 2.35. The van der Waals surface area contributed by atoms with Crippen LogP contribution in [0.15, 0.2) is 0 Å². The van der Waals surface area contributed by atoms with E-state index in [4.69, 9.17) is 5.73 Å². The highest BCUT2D eigenvalue weighted by atomic mass is 16.2. The van der Waals surface area contributed by atoms with Crippen LogP contribution in [0.4, 0.5) is 0 Å². The van der Waals surface area contributed by atoms with Gasteiger partial charge in [-0.1, -0.05) is 45.4 Å². The summed E-state index contributed by atoms with van der Waals surface area (Å²) in [5.74, 6) is 1.15. The van der Waals surface area contributed by atoms with Crippen LogP contribution in [0.2, 0.25) is 0 Å². The highest BCUT2D eigenvalue weighted by molar-refractivity contribution is 5.83. The van der Waals surface area contributed by atoms with Gasteiger partial charge in [0.15, 0.2) is 0 Å². The number of hydrogen-bond donors (Lipinski definition) is 2. The maximum atomic E-state index is 12.8. The molecular weight excluding hydrogens is 260 g/mol. The first-order valence-electron chi connectivity index (χ1n) is 9.21. The molecule has 21 heavy (non-hydrogen) atoms. The minimum atomic E-state index is -0.267. The number of amides is 1. The normalized spacial score (nSPS) is 29.6. The zero-order chi connectivity index (χ0) is 15.1. The van der Waals surface area contributed by atoms with Crippen molar-refractivity contribution < 1.29 is 4.79 Å². The van der Waals surface area contributed by atoms with Crippen molar-refractivity contribution in [1.82, 2.24) is 5.32 Å². The third-order valence-corrected chi connectivity index (χ3v) is 5.81. The largest absolute Gasteiger partial charge is 0.353 e. The van der Waals surface area contributed by atoms with Gasteiger partial charge in [0, 0.05) is 12.6 Å². The summed E-state index contributed by atoms with van der Waals surface area (Å²) < 4.78 is 0. The molecule has 0 aliphatic heterocycles. The number of carbonyl (C=O) groups is 1. The van der Waals surface area contributed by atoms with Crippen LogP contribution in [0, 0.1) is 11.3 Å². The first-order valence-corrected chi connectivity index (χ1v) is 9.21. The molecule has 0 heterocycles. The van der Waals surface area contributed by atoms with Gasteiger partial charge in [-0.15, -0.1) is 0 Å². The SMILES string of the molecule is CCCC1CCC(NC(=O)C2(CN)CCCCCC2)CC1. The Labute approximate surface area is 130 Å². The summed E-state index contributed by atoms with van der Waals surface area (Å²) in [5.41, 5.74) is 5.75. The first kappa shape index (κ1) is 16.8. The number of rotatable bonds is 5. The van der Waals surface area contributed by atoms with Gasteiger partial charge in [-0.3, -0.25) is 4.79 Å². The Kier molecular flexibility index (Phi) is 6.53. The number of hydrogen-bond acceptors (Lipinski definition) is 2. The van der Waals surface area contributed by atoms with Crippen molar-refractivity contribution in [2.45, 2.75) is 90.0 Å². The third-order valence-electron chi connectivity index (χ3n) is 5.81. The Morgan fingerprint density at radius 2 is 1.71 bits per heavy atom. The average molecular weight is 294 g/mol. The van der Waals surface area contributed by atoms with E-state index < -0.39 is 0 Å². The molecule has 3 N–H and O–H groups in total. The smallest absolute Gasteiger partial charge is 0.227 e. The fourth-order valence-corrected chi connectivity index (χ4v) is 4.27. The summed E-state index contributed by atoms with van der Waals surface area (Å²) in [6, 6.07) is 0.400. The second kappa shape index (κ2) is 8.17. The standard InChI is InChI=1S/C18H34N2O/c1-2-7-15-8-10-16(11-9-15)20-17(21)18(14-19)12-5-3-4-6-13-18/h15-16H,2-14,19H2,1H3,(H,20,21). The molecule has 2 saturated carbocycles. The van der Waals surface area contributed by atoms with Gasteiger partial charge in [-0.25, -0.2) is 0 Å². The molecule has 1 amide bonds. The summed E-state index contributed by atoms with van der Waals surface area (Å²) in [7, 11) is 0. The topological polar surface area (TPSA) is 55.1 Å². The van der Waals surface area contributed by atoms with Crippen molar-refractivity contribution >= 4 is 5.91 Å². The molecule has 122 valence electrons. The monoisotopic (exact) mass is 294 g/mol. The summed E-state index contributed by atoms with van der Waals surface area (Å²) in [6.45, 7) is 2.79. The molecule has 2 rings (SSSR count). The van der Waals surface area contributed by atoms with E-state index in [0.29, 0.717) is 12.6 Å². The molecule has 0 bridgehead atoms. The Morgan fingerprint density at radius 3 is 2.24 bits per heavy atom. The van der Waals surface area contributed by atoms with Crippen molar-refractivity contribution in [3.63, 3.8) is 0 Å². The van der Waals surface area contributed by atoms with E-state index in [1.54, 1.807) is 0 Å². The van der Waals surface area contributed by atoms with Gasteiger partial charge in [-0.2, -0.15) is 0 Å². The maximum absolute atomic E-state index is 12.8. The Morgan fingerprint density at radius 1 is 1.10 bits per heavy atom. The van der Waals surface area contributed by atoms with Gasteiger partial charge < -0.3 is 11.1 Å². The molecule has 0 atom stereocenters. The van der Waals surface area contributed by atoms with E-state index in [9.17, 15) is 4.79 Å². The van der Waals surface area contributed by atoms with Crippen LogP contribution < -0.4 is 11.1 Å². The van der Waals surface area contributed by atoms with Gasteiger partial charge >= 0.3 is 0 Å². The molecule has 0 unspecified atom stereocenters. The van der Waals surface area contributed by atoms with E-state index in [2.05, 4.69) is 12.2 Å². The molecule has 3 heteroatoms. The van der Waals surface area contributed by atoms with E-state index in [1.165, 1.54) is 38.5 Å². The predicted octanol–water partition coefficient (Wildman–Crippen LogP) is 3.76. The molecule has 0 aromatic heterocycles. The minimum absolute atomic E-state index is 0.255. The third kappa shape index (κ3) is 4.45. The molecule has 0 aromatic carbocycles. The van der Waals surface area contributed by atoms with Crippen molar-refractivity contribution in [3.05, 3.63) is 0 Å². The van der Waals surface area contributed by atoms with E-state index >= 15 is 0 Å². The predicted molar refractivity (Wildman–Crippen MR) is 88.0 cm³/mol. The van der Waals surface area contributed by atoms with E-state index in [0.717, 1.165) is 44.4 Å². The quantitative estimate of drug-likeness (QED) is 0.759.